The number of benzene rings is 1. The number of rotatable bonds is 7. The van der Waals surface area contributed by atoms with Crippen LogP contribution in [0, 0.1) is 5.82 Å². The van der Waals surface area contributed by atoms with Crippen LogP contribution in [-0.2, 0) is 11.3 Å². The Morgan fingerprint density at radius 1 is 1.13 bits per heavy atom. The Hall–Kier alpha value is -2.46. The molecular weight excluding hydrogens is 407 g/mol. The summed E-state index contributed by atoms with van der Waals surface area (Å²) in [7, 11) is 0. The Kier molecular flexibility index (Phi) is 7.81. The summed E-state index contributed by atoms with van der Waals surface area (Å²) in [5.41, 5.74) is 0.730. The number of likely N-dealkylation sites (tertiary alicyclic amines) is 1. The third-order valence-electron chi connectivity index (χ3n) is 4.60. The van der Waals surface area contributed by atoms with Crippen LogP contribution in [0.5, 0.6) is 0 Å². The molecule has 2 heterocycles. The van der Waals surface area contributed by atoms with Gasteiger partial charge in [-0.15, -0.1) is 10.2 Å². The summed E-state index contributed by atoms with van der Waals surface area (Å²) in [6.07, 6.45) is 3.55. The first-order chi connectivity index (χ1) is 14.4. The Balaban J connectivity index is 1.73. The number of thioether (sulfide) groups is 1. The van der Waals surface area contributed by atoms with Gasteiger partial charge in [0.05, 0.1) is 12.3 Å². The maximum absolute atomic E-state index is 13.4. The number of halogens is 1. The molecular formula is C20H27FN6O2S. The molecule has 3 rings (SSSR count). The van der Waals surface area contributed by atoms with Crippen LogP contribution < -0.4 is 10.6 Å². The first-order valence-corrected chi connectivity index (χ1v) is 11.1. The molecule has 0 aliphatic carbocycles. The van der Waals surface area contributed by atoms with Crippen LogP contribution in [0.4, 0.5) is 9.18 Å². The van der Waals surface area contributed by atoms with Crippen molar-refractivity contribution in [2.24, 2.45) is 0 Å². The van der Waals surface area contributed by atoms with Crippen molar-refractivity contribution in [1.29, 1.82) is 0 Å². The second kappa shape index (κ2) is 10.5. The zero-order valence-electron chi connectivity index (χ0n) is 17.2. The van der Waals surface area contributed by atoms with Crippen molar-refractivity contribution in [3.63, 3.8) is 0 Å². The number of aromatic nitrogens is 3. The number of nitrogens with zero attached hydrogens (tertiary/aromatic N) is 4. The number of carbonyl (C=O) groups is 2. The van der Waals surface area contributed by atoms with Crippen molar-refractivity contribution in [1.82, 2.24) is 30.3 Å². The van der Waals surface area contributed by atoms with Crippen LogP contribution in [0.1, 0.15) is 38.9 Å². The van der Waals surface area contributed by atoms with Gasteiger partial charge in [-0.25, -0.2) is 9.18 Å². The second-order valence-electron chi connectivity index (χ2n) is 7.51. The molecule has 1 saturated heterocycles. The van der Waals surface area contributed by atoms with Crippen LogP contribution in [0.25, 0.3) is 5.69 Å². The standard InChI is InChI=1S/C20H27FN6O2S/c1-14(2)22-19(29)23-18(28)13-30-20-25-24-17(12-26-10-4-3-5-11-26)27(20)16-8-6-15(21)7-9-16/h6-9,14H,3-5,10-13H2,1-2H3,(H2,22,23,28,29). The zero-order chi connectivity index (χ0) is 21.5. The minimum absolute atomic E-state index is 0.00849. The van der Waals surface area contributed by atoms with Gasteiger partial charge < -0.3 is 5.32 Å². The van der Waals surface area contributed by atoms with Crippen molar-refractivity contribution < 1.29 is 14.0 Å². The van der Waals surface area contributed by atoms with Gasteiger partial charge in [0.25, 0.3) is 0 Å². The highest BCUT2D eigenvalue weighted by atomic mass is 32.2. The molecule has 2 N–H and O–H groups in total. The molecule has 8 nitrogen and oxygen atoms in total. The highest BCUT2D eigenvalue weighted by Crippen LogP contribution is 2.24. The second-order valence-corrected chi connectivity index (χ2v) is 8.45. The third kappa shape index (κ3) is 6.27. The lowest BCUT2D eigenvalue weighted by Gasteiger charge is -2.26. The molecule has 0 bridgehead atoms. The lowest BCUT2D eigenvalue weighted by Crippen LogP contribution is -2.43. The molecule has 0 saturated carbocycles. The molecule has 2 aromatic rings. The zero-order valence-corrected chi connectivity index (χ0v) is 18.0. The number of piperidine rings is 1. The summed E-state index contributed by atoms with van der Waals surface area (Å²) < 4.78 is 15.3. The molecule has 1 aromatic carbocycles. The van der Waals surface area contributed by atoms with Crippen molar-refractivity contribution in [3.05, 3.63) is 35.9 Å². The van der Waals surface area contributed by atoms with E-state index in [1.807, 2.05) is 18.4 Å². The largest absolute Gasteiger partial charge is 0.336 e. The van der Waals surface area contributed by atoms with E-state index in [1.54, 1.807) is 12.1 Å². The van der Waals surface area contributed by atoms with Gasteiger partial charge in [-0.3, -0.25) is 19.6 Å². The molecule has 1 aliphatic rings. The van der Waals surface area contributed by atoms with Crippen LogP contribution in [0.2, 0.25) is 0 Å². The predicted molar refractivity (Wildman–Crippen MR) is 113 cm³/mol. The van der Waals surface area contributed by atoms with E-state index in [2.05, 4.69) is 25.7 Å². The molecule has 162 valence electrons. The van der Waals surface area contributed by atoms with E-state index < -0.39 is 11.9 Å². The maximum atomic E-state index is 13.4. The van der Waals surface area contributed by atoms with Crippen LogP contribution in [0.3, 0.4) is 0 Å². The Morgan fingerprint density at radius 2 is 1.83 bits per heavy atom. The fourth-order valence-corrected chi connectivity index (χ4v) is 4.03. The fraction of sp³-hybridized carbons (Fsp3) is 0.500. The minimum atomic E-state index is -0.526. The van der Waals surface area contributed by atoms with Crippen LogP contribution in [-0.4, -0.2) is 56.5 Å². The maximum Gasteiger partial charge on any atom is 0.321 e. The molecule has 0 spiro atoms. The van der Waals surface area contributed by atoms with E-state index in [0.717, 1.165) is 37.4 Å². The minimum Gasteiger partial charge on any atom is -0.336 e. The van der Waals surface area contributed by atoms with Gasteiger partial charge in [-0.2, -0.15) is 0 Å². The van der Waals surface area contributed by atoms with E-state index in [9.17, 15) is 14.0 Å². The van der Waals surface area contributed by atoms with E-state index in [0.29, 0.717) is 11.7 Å². The lowest BCUT2D eigenvalue weighted by molar-refractivity contribution is -0.117. The Bertz CT molecular complexity index is 865. The first kappa shape index (κ1) is 22.2. The molecule has 0 radical (unpaired) electrons. The number of imide groups is 1. The average molecular weight is 435 g/mol. The van der Waals surface area contributed by atoms with Gasteiger partial charge in [-0.05, 0) is 64.0 Å². The highest BCUT2D eigenvalue weighted by molar-refractivity contribution is 7.99. The number of carbonyl (C=O) groups excluding carboxylic acids is 2. The highest BCUT2D eigenvalue weighted by Gasteiger charge is 2.20. The summed E-state index contributed by atoms with van der Waals surface area (Å²) >= 11 is 1.18. The predicted octanol–water partition coefficient (Wildman–Crippen LogP) is 2.72. The molecule has 10 heteroatoms. The van der Waals surface area contributed by atoms with Crippen molar-refractivity contribution in [2.45, 2.75) is 50.9 Å². The fourth-order valence-electron chi connectivity index (χ4n) is 3.25. The molecule has 30 heavy (non-hydrogen) atoms. The Labute approximate surface area is 179 Å². The van der Waals surface area contributed by atoms with Crippen LogP contribution in [0.15, 0.2) is 29.4 Å². The summed E-state index contributed by atoms with van der Waals surface area (Å²) in [4.78, 5) is 26.1. The van der Waals surface area contributed by atoms with Gasteiger partial charge in [0.1, 0.15) is 5.82 Å². The average Bonchev–Trinajstić information content (AvgIpc) is 3.09. The first-order valence-electron chi connectivity index (χ1n) is 10.1. The quantitative estimate of drug-likeness (QED) is 0.651. The van der Waals surface area contributed by atoms with E-state index in [-0.39, 0.29) is 17.6 Å². The van der Waals surface area contributed by atoms with Crippen molar-refractivity contribution >= 4 is 23.7 Å². The van der Waals surface area contributed by atoms with E-state index in [4.69, 9.17) is 0 Å². The SMILES string of the molecule is CC(C)NC(=O)NC(=O)CSc1nnc(CN2CCCCC2)n1-c1ccc(F)cc1. The normalized spacial score (nSPS) is 14.7. The van der Waals surface area contributed by atoms with Gasteiger partial charge in [0.2, 0.25) is 5.91 Å². The van der Waals surface area contributed by atoms with Crippen molar-refractivity contribution in [2.75, 3.05) is 18.8 Å². The summed E-state index contributed by atoms with van der Waals surface area (Å²) in [5, 5.41) is 14.0. The number of amides is 3. The van der Waals surface area contributed by atoms with E-state index >= 15 is 0 Å². The van der Waals surface area contributed by atoms with Crippen LogP contribution >= 0.6 is 11.8 Å². The summed E-state index contributed by atoms with van der Waals surface area (Å²) in [6.45, 7) is 6.27. The van der Waals surface area contributed by atoms with Gasteiger partial charge in [-0.1, -0.05) is 18.2 Å². The molecule has 0 unspecified atom stereocenters. The third-order valence-corrected chi connectivity index (χ3v) is 5.53. The monoisotopic (exact) mass is 434 g/mol. The molecule has 0 atom stereocenters. The number of urea groups is 1. The molecule has 1 aromatic heterocycles. The Morgan fingerprint density at radius 3 is 2.50 bits per heavy atom. The number of hydrogen-bond acceptors (Lipinski definition) is 6. The van der Waals surface area contributed by atoms with Gasteiger partial charge in [0.15, 0.2) is 11.0 Å². The van der Waals surface area contributed by atoms with Gasteiger partial charge >= 0.3 is 6.03 Å². The summed E-state index contributed by atoms with van der Waals surface area (Å²) in [6, 6.07) is 5.51. The number of nitrogens with one attached hydrogen (secondary N) is 2. The molecule has 1 fully saturated rings. The summed E-state index contributed by atoms with van der Waals surface area (Å²) in [5.74, 6) is -0.00308. The van der Waals surface area contributed by atoms with Gasteiger partial charge in [0, 0.05) is 11.7 Å². The molecule has 1 aliphatic heterocycles. The topological polar surface area (TPSA) is 92.2 Å². The lowest BCUT2D eigenvalue weighted by atomic mass is 10.1. The smallest absolute Gasteiger partial charge is 0.321 e. The van der Waals surface area contributed by atoms with E-state index in [1.165, 1.54) is 30.3 Å². The molecule has 3 amide bonds. The van der Waals surface area contributed by atoms with Crippen molar-refractivity contribution in [3.8, 4) is 5.69 Å². The number of hydrogen-bond donors (Lipinski definition) is 2.